The Morgan fingerprint density at radius 1 is 1.10 bits per heavy atom. The largest absolute Gasteiger partial charge is 0.423 e. The summed E-state index contributed by atoms with van der Waals surface area (Å²) in [6.45, 7) is 2.02. The van der Waals surface area contributed by atoms with Crippen molar-refractivity contribution in [2.24, 2.45) is 5.73 Å². The zero-order valence-corrected chi connectivity index (χ0v) is 11.4. The zero-order chi connectivity index (χ0) is 14.8. The molecule has 5 nitrogen and oxygen atoms in total. The van der Waals surface area contributed by atoms with Gasteiger partial charge in [-0.25, -0.2) is 0 Å². The Bertz CT molecular complexity index is 778. The molecule has 3 aromatic rings. The minimum absolute atomic E-state index is 0.433. The molecular weight excluding hydrogens is 266 g/mol. The number of amides is 1. The van der Waals surface area contributed by atoms with Crippen molar-refractivity contribution in [2.75, 3.05) is 0 Å². The smallest absolute Gasteiger partial charge is 0.248 e. The predicted molar refractivity (Wildman–Crippen MR) is 78.4 cm³/mol. The first-order valence-electron chi connectivity index (χ1n) is 6.42. The number of carbonyl (C=O) groups excluding carboxylic acids is 1. The normalized spacial score (nSPS) is 10.5. The third-order valence-electron chi connectivity index (χ3n) is 3.32. The fourth-order valence-corrected chi connectivity index (χ4v) is 2.18. The second-order valence-corrected chi connectivity index (χ2v) is 4.72. The molecule has 0 aliphatic heterocycles. The fraction of sp³-hybridized carbons (Fsp3) is 0.0625. The third-order valence-corrected chi connectivity index (χ3v) is 3.32. The minimum atomic E-state index is -0.433. The maximum Gasteiger partial charge on any atom is 0.248 e. The summed E-state index contributed by atoms with van der Waals surface area (Å²) in [5.74, 6) is 0.0443. The number of aromatic nitrogens is 2. The quantitative estimate of drug-likeness (QED) is 0.799. The summed E-state index contributed by atoms with van der Waals surface area (Å²) in [5.41, 5.74) is 9.76. The van der Waals surface area contributed by atoms with Crippen molar-refractivity contribution in [3.8, 4) is 22.6 Å². The summed E-state index contributed by atoms with van der Waals surface area (Å²) in [6.07, 6.45) is 1.30. The van der Waals surface area contributed by atoms with Gasteiger partial charge >= 0.3 is 0 Å². The number of nitrogens with zero attached hydrogens (tertiary/aromatic N) is 2. The summed E-state index contributed by atoms with van der Waals surface area (Å²) in [6, 6.07) is 13.1. The van der Waals surface area contributed by atoms with Crippen LogP contribution in [0.4, 0.5) is 0 Å². The molecule has 1 aromatic heterocycles. The highest BCUT2D eigenvalue weighted by atomic mass is 16.4. The molecule has 0 aliphatic rings. The highest BCUT2D eigenvalue weighted by Gasteiger charge is 2.09. The molecule has 2 aromatic carbocycles. The molecule has 3 rings (SSSR count). The molecule has 21 heavy (non-hydrogen) atoms. The van der Waals surface area contributed by atoms with Crippen molar-refractivity contribution < 1.29 is 9.21 Å². The van der Waals surface area contributed by atoms with Crippen LogP contribution in [0.3, 0.4) is 0 Å². The number of aryl methyl sites for hydroxylation is 1. The van der Waals surface area contributed by atoms with Crippen molar-refractivity contribution in [3.05, 3.63) is 60.0 Å². The van der Waals surface area contributed by atoms with E-state index in [1.165, 1.54) is 6.39 Å². The summed E-state index contributed by atoms with van der Waals surface area (Å²) >= 11 is 0. The first kappa shape index (κ1) is 13.1. The van der Waals surface area contributed by atoms with Gasteiger partial charge in [-0.3, -0.25) is 4.79 Å². The maximum absolute atomic E-state index is 11.1. The maximum atomic E-state index is 11.1. The summed E-state index contributed by atoms with van der Waals surface area (Å²) < 4.78 is 5.22. The van der Waals surface area contributed by atoms with Crippen molar-refractivity contribution in [1.82, 2.24) is 10.2 Å². The lowest BCUT2D eigenvalue weighted by atomic mass is 9.97. The van der Waals surface area contributed by atoms with E-state index in [2.05, 4.69) is 10.2 Å². The molecule has 0 unspecified atom stereocenters. The average Bonchev–Trinajstić information content (AvgIpc) is 3.02. The zero-order valence-electron chi connectivity index (χ0n) is 11.4. The number of hydrogen-bond donors (Lipinski definition) is 1. The van der Waals surface area contributed by atoms with E-state index >= 15 is 0 Å². The van der Waals surface area contributed by atoms with Crippen LogP contribution in [-0.4, -0.2) is 16.1 Å². The lowest BCUT2D eigenvalue weighted by Gasteiger charge is -2.08. The van der Waals surface area contributed by atoms with Crippen LogP contribution in [0.5, 0.6) is 0 Å². The lowest BCUT2D eigenvalue weighted by Crippen LogP contribution is -2.10. The van der Waals surface area contributed by atoms with Crippen molar-refractivity contribution in [1.29, 1.82) is 0 Å². The molecule has 5 heteroatoms. The van der Waals surface area contributed by atoms with Gasteiger partial charge in [0.05, 0.1) is 0 Å². The molecule has 0 saturated heterocycles. The standard InChI is InChI=1S/C16H13N3O2/c1-10-2-3-13(16-19-18-9-21-16)8-14(10)11-4-6-12(7-5-11)15(17)20/h2-9H,1H3,(H2,17,20). The highest BCUT2D eigenvalue weighted by molar-refractivity contribution is 5.93. The second kappa shape index (κ2) is 5.20. The molecule has 1 heterocycles. The van der Waals surface area contributed by atoms with Crippen LogP contribution >= 0.6 is 0 Å². The molecule has 0 spiro atoms. The summed E-state index contributed by atoms with van der Waals surface area (Å²) in [7, 11) is 0. The number of rotatable bonds is 3. The summed E-state index contributed by atoms with van der Waals surface area (Å²) in [5, 5.41) is 7.60. The van der Waals surface area contributed by atoms with E-state index < -0.39 is 5.91 Å². The van der Waals surface area contributed by atoms with Crippen LogP contribution < -0.4 is 5.73 Å². The SMILES string of the molecule is Cc1ccc(-c2nnco2)cc1-c1ccc(C(N)=O)cc1. The van der Waals surface area contributed by atoms with Crippen LogP contribution in [-0.2, 0) is 0 Å². The van der Waals surface area contributed by atoms with Gasteiger partial charge in [0.1, 0.15) is 0 Å². The van der Waals surface area contributed by atoms with Crippen LogP contribution in [0.15, 0.2) is 53.3 Å². The van der Waals surface area contributed by atoms with Gasteiger partial charge in [-0.1, -0.05) is 18.2 Å². The van der Waals surface area contributed by atoms with Gasteiger partial charge in [0.2, 0.25) is 18.2 Å². The van der Waals surface area contributed by atoms with Crippen LogP contribution in [0.25, 0.3) is 22.6 Å². The van der Waals surface area contributed by atoms with Crippen LogP contribution in [0, 0.1) is 6.92 Å². The third kappa shape index (κ3) is 2.53. The van der Waals surface area contributed by atoms with E-state index in [-0.39, 0.29) is 0 Å². The molecule has 0 saturated carbocycles. The van der Waals surface area contributed by atoms with E-state index in [1.54, 1.807) is 12.1 Å². The number of nitrogens with two attached hydrogens (primary N) is 1. The van der Waals surface area contributed by atoms with Gasteiger partial charge in [0.25, 0.3) is 0 Å². The number of carbonyl (C=O) groups is 1. The van der Waals surface area contributed by atoms with E-state index in [0.717, 1.165) is 22.3 Å². The first-order valence-corrected chi connectivity index (χ1v) is 6.42. The minimum Gasteiger partial charge on any atom is -0.423 e. The Kier molecular flexibility index (Phi) is 3.23. The molecule has 0 atom stereocenters. The first-order chi connectivity index (χ1) is 10.1. The molecule has 0 fully saturated rings. The van der Waals surface area contributed by atoms with Crippen molar-refractivity contribution in [3.63, 3.8) is 0 Å². The van der Waals surface area contributed by atoms with Crippen LogP contribution in [0.2, 0.25) is 0 Å². The number of primary amides is 1. The Labute approximate surface area is 121 Å². The second-order valence-electron chi connectivity index (χ2n) is 4.72. The molecular formula is C16H13N3O2. The van der Waals surface area contributed by atoms with Crippen molar-refractivity contribution >= 4 is 5.91 Å². The van der Waals surface area contributed by atoms with Gasteiger partial charge in [-0.05, 0) is 47.9 Å². The van der Waals surface area contributed by atoms with Gasteiger partial charge in [-0.2, -0.15) is 0 Å². The summed E-state index contributed by atoms with van der Waals surface area (Å²) in [4.78, 5) is 11.1. The Balaban J connectivity index is 2.05. The van der Waals surface area contributed by atoms with E-state index in [9.17, 15) is 4.79 Å². The van der Waals surface area contributed by atoms with Gasteiger partial charge in [-0.15, -0.1) is 10.2 Å². The average molecular weight is 279 g/mol. The monoisotopic (exact) mass is 279 g/mol. The van der Waals surface area contributed by atoms with Crippen LogP contribution in [0.1, 0.15) is 15.9 Å². The number of hydrogen-bond acceptors (Lipinski definition) is 4. The molecule has 0 aliphatic carbocycles. The fourth-order valence-electron chi connectivity index (χ4n) is 2.18. The Hall–Kier alpha value is -2.95. The molecule has 2 N–H and O–H groups in total. The topological polar surface area (TPSA) is 82.0 Å². The van der Waals surface area contributed by atoms with Gasteiger partial charge in [0, 0.05) is 11.1 Å². The molecule has 104 valence electrons. The highest BCUT2D eigenvalue weighted by Crippen LogP contribution is 2.28. The van der Waals surface area contributed by atoms with E-state index in [1.807, 2.05) is 37.3 Å². The number of benzene rings is 2. The lowest BCUT2D eigenvalue weighted by molar-refractivity contribution is 0.100. The van der Waals surface area contributed by atoms with E-state index in [0.29, 0.717) is 11.5 Å². The Morgan fingerprint density at radius 2 is 1.81 bits per heavy atom. The predicted octanol–water partition coefficient (Wildman–Crippen LogP) is 2.81. The van der Waals surface area contributed by atoms with Gasteiger partial charge in [0.15, 0.2) is 0 Å². The van der Waals surface area contributed by atoms with Gasteiger partial charge < -0.3 is 10.2 Å². The van der Waals surface area contributed by atoms with Crippen molar-refractivity contribution in [2.45, 2.75) is 6.92 Å². The molecule has 0 radical (unpaired) electrons. The Morgan fingerprint density at radius 3 is 2.43 bits per heavy atom. The molecule has 1 amide bonds. The van der Waals surface area contributed by atoms with E-state index in [4.69, 9.17) is 10.2 Å². The molecule has 0 bridgehead atoms.